The molecule has 3 aromatic carbocycles. The molecular formula is C24H20ClNO2. The monoisotopic (exact) mass is 389 g/mol. The zero-order valence-electron chi connectivity index (χ0n) is 15.8. The maximum atomic E-state index is 12.4. The van der Waals surface area contributed by atoms with Crippen molar-refractivity contribution in [2.24, 2.45) is 0 Å². The van der Waals surface area contributed by atoms with Crippen LogP contribution in [0.2, 0.25) is 5.02 Å². The molecule has 0 saturated carbocycles. The lowest BCUT2D eigenvalue weighted by atomic mass is 9.96. The van der Waals surface area contributed by atoms with Crippen LogP contribution in [0.25, 0.3) is 23.3 Å². The van der Waals surface area contributed by atoms with Gasteiger partial charge >= 0.3 is 0 Å². The highest BCUT2D eigenvalue weighted by Gasteiger charge is 2.19. The first-order valence-electron chi connectivity index (χ1n) is 9.09. The van der Waals surface area contributed by atoms with Crippen molar-refractivity contribution in [3.05, 3.63) is 82.4 Å². The zero-order chi connectivity index (χ0) is 19.7. The van der Waals surface area contributed by atoms with Crippen LogP contribution >= 0.6 is 11.6 Å². The van der Waals surface area contributed by atoms with E-state index in [2.05, 4.69) is 24.3 Å². The van der Waals surface area contributed by atoms with Gasteiger partial charge in [0.25, 0.3) is 0 Å². The van der Waals surface area contributed by atoms with Crippen LogP contribution in [0, 0.1) is 0 Å². The van der Waals surface area contributed by atoms with Gasteiger partial charge in [0, 0.05) is 17.5 Å². The van der Waals surface area contributed by atoms with Crippen molar-refractivity contribution in [3.8, 4) is 16.9 Å². The van der Waals surface area contributed by atoms with Gasteiger partial charge in [-0.2, -0.15) is 0 Å². The molecule has 0 radical (unpaired) electrons. The van der Waals surface area contributed by atoms with Crippen molar-refractivity contribution in [2.75, 3.05) is 12.0 Å². The van der Waals surface area contributed by atoms with Crippen LogP contribution in [0.4, 0.5) is 5.69 Å². The van der Waals surface area contributed by atoms with E-state index in [1.165, 1.54) is 0 Å². The summed E-state index contributed by atoms with van der Waals surface area (Å²) in [5.74, 6) is 0.819. The first-order valence-corrected chi connectivity index (χ1v) is 9.46. The number of carbonyl (C=O) groups excluding carboxylic acids is 1. The molecule has 4 rings (SSSR count). The van der Waals surface area contributed by atoms with Gasteiger partial charge in [-0.15, -0.1) is 0 Å². The van der Waals surface area contributed by atoms with Crippen molar-refractivity contribution in [1.82, 2.24) is 0 Å². The Bertz CT molecular complexity index is 1090. The quantitative estimate of drug-likeness (QED) is 0.533. The zero-order valence-corrected chi connectivity index (χ0v) is 16.5. The number of ether oxygens (including phenoxy) is 1. The summed E-state index contributed by atoms with van der Waals surface area (Å²) in [4.78, 5) is 14.2. The molecule has 0 N–H and O–H groups in total. The number of benzene rings is 3. The SMILES string of the molecule is COc1ccccc1-c1ccc2c(c1)CN(C(C)=O)c1ccc(Cl)cc1/C=C\2. The normalized spacial score (nSPS) is 13.8. The third-order valence-electron chi connectivity index (χ3n) is 4.99. The fourth-order valence-electron chi connectivity index (χ4n) is 3.58. The number of hydrogen-bond donors (Lipinski definition) is 0. The highest BCUT2D eigenvalue weighted by atomic mass is 35.5. The van der Waals surface area contributed by atoms with Crippen molar-refractivity contribution in [2.45, 2.75) is 13.5 Å². The number of halogens is 1. The molecule has 0 saturated heterocycles. The molecule has 28 heavy (non-hydrogen) atoms. The van der Waals surface area contributed by atoms with Crippen LogP contribution < -0.4 is 9.64 Å². The molecule has 1 aliphatic heterocycles. The van der Waals surface area contributed by atoms with Gasteiger partial charge in [0.2, 0.25) is 5.91 Å². The molecule has 1 aliphatic rings. The molecular weight excluding hydrogens is 370 g/mol. The van der Waals surface area contributed by atoms with Gasteiger partial charge in [-0.25, -0.2) is 0 Å². The lowest BCUT2D eigenvalue weighted by Gasteiger charge is -2.26. The summed E-state index contributed by atoms with van der Waals surface area (Å²) in [7, 11) is 1.68. The first-order chi connectivity index (χ1) is 13.6. The lowest BCUT2D eigenvalue weighted by molar-refractivity contribution is -0.116. The van der Waals surface area contributed by atoms with E-state index in [-0.39, 0.29) is 5.91 Å². The fraction of sp³-hybridized carbons (Fsp3) is 0.125. The van der Waals surface area contributed by atoms with Crippen LogP contribution in [-0.4, -0.2) is 13.0 Å². The van der Waals surface area contributed by atoms with E-state index in [1.54, 1.807) is 18.9 Å². The van der Waals surface area contributed by atoms with Gasteiger partial charge in [-0.05, 0) is 52.6 Å². The summed E-state index contributed by atoms with van der Waals surface area (Å²) in [5, 5.41) is 0.652. The summed E-state index contributed by atoms with van der Waals surface area (Å²) < 4.78 is 5.51. The number of rotatable bonds is 2. The highest BCUT2D eigenvalue weighted by molar-refractivity contribution is 6.30. The molecule has 0 spiro atoms. The fourth-order valence-corrected chi connectivity index (χ4v) is 3.76. The molecule has 0 fully saturated rings. The number of nitrogens with zero attached hydrogens (tertiary/aromatic N) is 1. The van der Waals surface area contributed by atoms with Gasteiger partial charge in [-0.3, -0.25) is 4.79 Å². The topological polar surface area (TPSA) is 29.5 Å². The van der Waals surface area contributed by atoms with Gasteiger partial charge in [0.05, 0.1) is 19.3 Å². The predicted molar refractivity (Wildman–Crippen MR) is 116 cm³/mol. The summed E-state index contributed by atoms with van der Waals surface area (Å²) >= 11 is 6.17. The van der Waals surface area contributed by atoms with Crippen molar-refractivity contribution in [1.29, 1.82) is 0 Å². The Balaban J connectivity index is 1.85. The lowest BCUT2D eigenvalue weighted by Crippen LogP contribution is -2.29. The van der Waals surface area contributed by atoms with Gasteiger partial charge in [0.15, 0.2) is 0 Å². The molecule has 3 nitrogen and oxygen atoms in total. The van der Waals surface area contributed by atoms with Crippen LogP contribution in [0.15, 0.2) is 60.7 Å². The van der Waals surface area contributed by atoms with Crippen LogP contribution in [-0.2, 0) is 11.3 Å². The largest absolute Gasteiger partial charge is 0.496 e. The Hall–Kier alpha value is -3.04. The second-order valence-electron chi connectivity index (χ2n) is 6.76. The van der Waals surface area contributed by atoms with E-state index in [4.69, 9.17) is 16.3 Å². The predicted octanol–water partition coefficient (Wildman–Crippen LogP) is 6.05. The average Bonchev–Trinajstić information content (AvgIpc) is 2.69. The molecule has 1 heterocycles. The van der Waals surface area contributed by atoms with Crippen LogP contribution in [0.5, 0.6) is 5.75 Å². The first kappa shape index (κ1) is 18.3. The van der Waals surface area contributed by atoms with Crippen LogP contribution in [0.1, 0.15) is 23.6 Å². The molecule has 3 aromatic rings. The van der Waals surface area contributed by atoms with Crippen molar-refractivity contribution >= 4 is 35.3 Å². The van der Waals surface area contributed by atoms with Crippen molar-refractivity contribution in [3.63, 3.8) is 0 Å². The van der Waals surface area contributed by atoms with E-state index in [1.807, 2.05) is 48.5 Å². The van der Waals surface area contributed by atoms with Crippen molar-refractivity contribution < 1.29 is 9.53 Å². The number of fused-ring (bicyclic) bond motifs is 2. The average molecular weight is 390 g/mol. The number of methoxy groups -OCH3 is 1. The summed E-state index contributed by atoms with van der Waals surface area (Å²) in [5.41, 5.74) is 6.04. The molecule has 4 heteroatoms. The van der Waals surface area contributed by atoms with E-state index >= 15 is 0 Å². The van der Waals surface area contributed by atoms with E-state index in [0.29, 0.717) is 11.6 Å². The number of para-hydroxylation sites is 1. The van der Waals surface area contributed by atoms with E-state index in [0.717, 1.165) is 39.3 Å². The van der Waals surface area contributed by atoms with Gasteiger partial charge < -0.3 is 9.64 Å². The van der Waals surface area contributed by atoms with Gasteiger partial charge in [-0.1, -0.05) is 54.1 Å². The minimum Gasteiger partial charge on any atom is -0.496 e. The third-order valence-corrected chi connectivity index (χ3v) is 5.23. The standard InChI is InChI=1S/C24H20ClNO2/c1-16(27)26-15-20-13-18(22-5-3-4-6-24(22)28-2)9-7-17(20)8-10-19-14-21(25)11-12-23(19)26/h3-14H,15H2,1-2H3/b10-8-. The Morgan fingerprint density at radius 1 is 1.00 bits per heavy atom. The van der Waals surface area contributed by atoms with E-state index in [9.17, 15) is 4.79 Å². The third kappa shape index (κ3) is 3.41. The molecule has 1 amide bonds. The Kier molecular flexibility index (Phi) is 4.93. The van der Waals surface area contributed by atoms with Gasteiger partial charge in [0.1, 0.15) is 5.75 Å². The summed E-state index contributed by atoms with van der Waals surface area (Å²) in [6.07, 6.45) is 4.09. The maximum Gasteiger partial charge on any atom is 0.224 e. The Morgan fingerprint density at radius 2 is 1.79 bits per heavy atom. The van der Waals surface area contributed by atoms with E-state index < -0.39 is 0 Å². The number of hydrogen-bond acceptors (Lipinski definition) is 2. The summed E-state index contributed by atoms with van der Waals surface area (Å²) in [6.45, 7) is 2.08. The number of amides is 1. The summed E-state index contributed by atoms with van der Waals surface area (Å²) in [6, 6.07) is 19.9. The Labute approximate surface area is 169 Å². The highest BCUT2D eigenvalue weighted by Crippen LogP contribution is 2.35. The maximum absolute atomic E-state index is 12.4. The second-order valence-corrected chi connectivity index (χ2v) is 7.19. The molecule has 0 unspecified atom stereocenters. The minimum absolute atomic E-state index is 0.00693. The second kappa shape index (κ2) is 7.53. The number of carbonyl (C=O) groups is 1. The molecule has 0 aromatic heterocycles. The Morgan fingerprint density at radius 3 is 2.57 bits per heavy atom. The molecule has 0 atom stereocenters. The molecule has 0 aliphatic carbocycles. The molecule has 0 bridgehead atoms. The van der Waals surface area contributed by atoms with Crippen LogP contribution in [0.3, 0.4) is 0 Å². The number of anilines is 1. The smallest absolute Gasteiger partial charge is 0.224 e. The molecule has 140 valence electrons. The minimum atomic E-state index is -0.00693.